The lowest BCUT2D eigenvalue weighted by Crippen LogP contribution is -2.22. The lowest BCUT2D eigenvalue weighted by molar-refractivity contribution is 0.358. The van der Waals surface area contributed by atoms with Gasteiger partial charge in [-0.2, -0.15) is 10.4 Å². The average Bonchev–Trinajstić information content (AvgIpc) is 3.30. The highest BCUT2D eigenvalue weighted by molar-refractivity contribution is 5.56. The molecule has 1 aromatic carbocycles. The van der Waals surface area contributed by atoms with Crippen molar-refractivity contribution in [3.8, 4) is 17.6 Å². The molecule has 0 saturated carbocycles. The third-order valence-electron chi connectivity index (χ3n) is 4.69. The molecule has 1 aliphatic rings. The first kappa shape index (κ1) is 16.8. The molecule has 1 atom stereocenters. The van der Waals surface area contributed by atoms with Crippen LogP contribution in [-0.2, 0) is 7.05 Å². The van der Waals surface area contributed by atoms with Crippen molar-refractivity contribution in [2.24, 2.45) is 12.8 Å². The second-order valence-electron chi connectivity index (χ2n) is 6.75. The summed E-state index contributed by atoms with van der Waals surface area (Å²) in [5.41, 5.74) is 10.1. The Kier molecular flexibility index (Phi) is 3.92. The minimum atomic E-state index is -0.324. The molecule has 136 valence electrons. The van der Waals surface area contributed by atoms with Crippen LogP contribution in [0.5, 0.6) is 5.88 Å². The molecule has 1 unspecified atom stereocenters. The highest BCUT2D eigenvalue weighted by Crippen LogP contribution is 2.45. The van der Waals surface area contributed by atoms with Gasteiger partial charge in [-0.1, -0.05) is 31.2 Å². The maximum absolute atomic E-state index is 9.74. The summed E-state index contributed by atoms with van der Waals surface area (Å²) >= 11 is 0. The van der Waals surface area contributed by atoms with Crippen molar-refractivity contribution in [1.82, 2.24) is 24.8 Å². The molecule has 0 aliphatic carbocycles. The lowest BCUT2D eigenvalue weighted by Gasteiger charge is -2.25. The Morgan fingerprint density at radius 2 is 2.00 bits per heavy atom. The number of allylic oxidation sites excluding steroid dienone is 1. The molecular formula is C19H19N7O. The van der Waals surface area contributed by atoms with E-state index in [0.717, 1.165) is 22.5 Å². The molecule has 8 nitrogen and oxygen atoms in total. The normalized spacial score (nSPS) is 16.2. The van der Waals surface area contributed by atoms with Crippen LogP contribution in [0.2, 0.25) is 0 Å². The fourth-order valence-electron chi connectivity index (χ4n) is 3.43. The number of nitriles is 1. The van der Waals surface area contributed by atoms with Gasteiger partial charge >= 0.3 is 0 Å². The molecule has 4 rings (SSSR count). The van der Waals surface area contributed by atoms with Gasteiger partial charge in [-0.15, -0.1) is 5.10 Å². The molecule has 0 radical (unpaired) electrons. The van der Waals surface area contributed by atoms with E-state index in [-0.39, 0.29) is 17.7 Å². The van der Waals surface area contributed by atoms with Gasteiger partial charge in [-0.3, -0.25) is 0 Å². The molecule has 2 N–H and O–H groups in total. The van der Waals surface area contributed by atoms with E-state index in [1.807, 2.05) is 31.3 Å². The number of ether oxygens (including phenoxy) is 1. The monoisotopic (exact) mass is 361 g/mol. The Bertz CT molecular complexity index is 1050. The number of nitrogens with two attached hydrogens (primary N) is 1. The van der Waals surface area contributed by atoms with Crippen LogP contribution in [0.15, 0.2) is 48.1 Å². The van der Waals surface area contributed by atoms with Gasteiger partial charge in [0.25, 0.3) is 0 Å². The van der Waals surface area contributed by atoms with Crippen LogP contribution in [0.1, 0.15) is 42.5 Å². The smallest absolute Gasteiger partial charge is 0.224 e. The van der Waals surface area contributed by atoms with Crippen molar-refractivity contribution >= 4 is 0 Å². The maximum Gasteiger partial charge on any atom is 0.224 e. The van der Waals surface area contributed by atoms with Crippen molar-refractivity contribution in [3.63, 3.8) is 0 Å². The topological polar surface area (TPSA) is 108 Å². The molecule has 0 amide bonds. The summed E-state index contributed by atoms with van der Waals surface area (Å²) < 4.78 is 9.11. The molecule has 3 heterocycles. The van der Waals surface area contributed by atoms with E-state index in [2.05, 4.69) is 35.3 Å². The first-order valence-corrected chi connectivity index (χ1v) is 8.62. The first-order chi connectivity index (χ1) is 13.0. The number of aromatic nitrogens is 5. The van der Waals surface area contributed by atoms with Gasteiger partial charge in [0, 0.05) is 7.05 Å². The highest BCUT2D eigenvalue weighted by atomic mass is 16.5. The zero-order chi connectivity index (χ0) is 19.1. The van der Waals surface area contributed by atoms with Crippen LogP contribution < -0.4 is 10.5 Å². The third kappa shape index (κ3) is 2.64. The third-order valence-corrected chi connectivity index (χ3v) is 4.69. The number of hydrogen-bond donors (Lipinski definition) is 1. The Labute approximate surface area is 156 Å². The van der Waals surface area contributed by atoms with Gasteiger partial charge in [0.1, 0.15) is 11.6 Å². The van der Waals surface area contributed by atoms with Crippen molar-refractivity contribution in [1.29, 1.82) is 5.26 Å². The molecule has 8 heteroatoms. The molecule has 0 saturated heterocycles. The number of nitrogens with zero attached hydrogens (tertiary/aromatic N) is 6. The van der Waals surface area contributed by atoms with E-state index in [0.29, 0.717) is 11.5 Å². The van der Waals surface area contributed by atoms with Gasteiger partial charge < -0.3 is 10.5 Å². The second-order valence-corrected chi connectivity index (χ2v) is 6.75. The van der Waals surface area contributed by atoms with E-state index >= 15 is 0 Å². The predicted molar refractivity (Wildman–Crippen MR) is 98.0 cm³/mol. The highest BCUT2D eigenvalue weighted by Gasteiger charge is 2.36. The number of fused-ring (bicyclic) bond motifs is 1. The molecule has 0 spiro atoms. The predicted octanol–water partition coefficient (Wildman–Crippen LogP) is 2.34. The van der Waals surface area contributed by atoms with Crippen LogP contribution in [-0.4, -0.2) is 24.8 Å². The summed E-state index contributed by atoms with van der Waals surface area (Å²) in [6.07, 6.45) is 3.40. The van der Waals surface area contributed by atoms with Crippen LogP contribution >= 0.6 is 0 Å². The maximum atomic E-state index is 9.74. The molecule has 0 fully saturated rings. The summed E-state index contributed by atoms with van der Waals surface area (Å²) in [5, 5.41) is 22.2. The zero-order valence-corrected chi connectivity index (χ0v) is 15.3. The molecule has 2 aromatic heterocycles. The van der Waals surface area contributed by atoms with Crippen LogP contribution in [0.25, 0.3) is 5.69 Å². The summed E-state index contributed by atoms with van der Waals surface area (Å²) in [7, 11) is 1.82. The minimum absolute atomic E-state index is 0.119. The fourth-order valence-corrected chi connectivity index (χ4v) is 3.43. The van der Waals surface area contributed by atoms with E-state index in [1.54, 1.807) is 21.8 Å². The van der Waals surface area contributed by atoms with Gasteiger partial charge in [-0.25, -0.2) is 9.36 Å². The quantitative estimate of drug-likeness (QED) is 0.767. The van der Waals surface area contributed by atoms with Crippen molar-refractivity contribution in [2.75, 3.05) is 0 Å². The van der Waals surface area contributed by atoms with E-state index in [4.69, 9.17) is 10.5 Å². The number of aryl methyl sites for hydroxylation is 1. The van der Waals surface area contributed by atoms with Crippen molar-refractivity contribution < 1.29 is 4.74 Å². The summed E-state index contributed by atoms with van der Waals surface area (Å²) in [6, 6.07) is 10.0. The summed E-state index contributed by atoms with van der Waals surface area (Å²) in [4.78, 5) is 0. The zero-order valence-electron chi connectivity index (χ0n) is 15.3. The molecule has 27 heavy (non-hydrogen) atoms. The largest absolute Gasteiger partial charge is 0.422 e. The lowest BCUT2D eigenvalue weighted by atomic mass is 9.82. The Hall–Kier alpha value is -3.60. The van der Waals surface area contributed by atoms with Crippen molar-refractivity contribution in [2.45, 2.75) is 25.7 Å². The Morgan fingerprint density at radius 3 is 2.59 bits per heavy atom. The summed E-state index contributed by atoms with van der Waals surface area (Å²) in [5.74, 6) is 0.559. The van der Waals surface area contributed by atoms with Gasteiger partial charge in [-0.05, 0) is 23.6 Å². The number of benzene rings is 1. The molecule has 0 bridgehead atoms. The van der Waals surface area contributed by atoms with E-state index < -0.39 is 0 Å². The van der Waals surface area contributed by atoms with Crippen LogP contribution in [0.3, 0.4) is 0 Å². The average molecular weight is 361 g/mol. The number of hydrogen-bond acceptors (Lipinski definition) is 6. The van der Waals surface area contributed by atoms with Gasteiger partial charge in [0.05, 0.1) is 35.3 Å². The van der Waals surface area contributed by atoms with Crippen LogP contribution in [0, 0.1) is 11.3 Å². The van der Waals surface area contributed by atoms with Crippen LogP contribution in [0.4, 0.5) is 0 Å². The first-order valence-electron chi connectivity index (χ1n) is 8.62. The summed E-state index contributed by atoms with van der Waals surface area (Å²) in [6.45, 7) is 4.14. The standard InChI is InChI=1S/C19H19N7O/c1-11(2)17-16-15(14(10-20)18(21)27-19(16)25(3)23-17)12-4-6-13(7-5-12)26-9-8-22-24-26/h4-9,11,15H,21H2,1-3H3. The van der Waals surface area contributed by atoms with Gasteiger partial charge in [0.15, 0.2) is 0 Å². The molecule has 3 aromatic rings. The molecule has 1 aliphatic heterocycles. The SMILES string of the molecule is CC(C)c1nn(C)c2c1C(c1ccc(-n3ccnn3)cc1)C(C#N)=C(N)O2. The van der Waals surface area contributed by atoms with Gasteiger partial charge in [0.2, 0.25) is 11.8 Å². The fraction of sp³-hybridized carbons (Fsp3) is 0.263. The molecular weight excluding hydrogens is 342 g/mol. The number of rotatable bonds is 3. The second kappa shape index (κ2) is 6.29. The minimum Gasteiger partial charge on any atom is -0.422 e. The Balaban J connectivity index is 1.87. The Morgan fingerprint density at radius 1 is 1.26 bits per heavy atom. The van der Waals surface area contributed by atoms with E-state index in [9.17, 15) is 5.26 Å². The van der Waals surface area contributed by atoms with E-state index in [1.165, 1.54) is 0 Å². The van der Waals surface area contributed by atoms with Crippen molar-refractivity contribution in [3.05, 3.63) is 64.9 Å².